The largest absolute Gasteiger partial charge is 0.506 e. The molecule has 1 aromatic carbocycles. The van der Waals surface area contributed by atoms with Crippen molar-refractivity contribution in [3.8, 4) is 5.75 Å². The Hall–Kier alpha value is -0.800. The second-order valence-corrected chi connectivity index (χ2v) is 3.21. The maximum Gasteiger partial charge on any atom is 0.141 e. The lowest BCUT2D eigenvalue weighted by Gasteiger charge is -2.12. The Labute approximate surface area is 81.1 Å². The van der Waals surface area contributed by atoms with E-state index in [1.807, 2.05) is 6.92 Å². The van der Waals surface area contributed by atoms with Crippen molar-refractivity contribution in [3.63, 3.8) is 0 Å². The molecule has 0 amide bonds. The van der Waals surface area contributed by atoms with Crippen molar-refractivity contribution in [2.75, 3.05) is 0 Å². The molecule has 1 aromatic rings. The van der Waals surface area contributed by atoms with Crippen LogP contribution in [0.4, 0.5) is 4.39 Å². The summed E-state index contributed by atoms with van der Waals surface area (Å²) < 4.78 is 13.2. The van der Waals surface area contributed by atoms with Crippen LogP contribution in [0.3, 0.4) is 0 Å². The Morgan fingerprint density at radius 1 is 1.62 bits per heavy atom. The van der Waals surface area contributed by atoms with E-state index in [-0.39, 0.29) is 16.3 Å². The minimum atomic E-state index is -0.517. The number of rotatable bonds is 2. The summed E-state index contributed by atoms with van der Waals surface area (Å²) in [7, 11) is 0. The fourth-order valence-electron chi connectivity index (χ4n) is 1.11. The Morgan fingerprint density at radius 3 is 2.77 bits per heavy atom. The van der Waals surface area contributed by atoms with Crippen LogP contribution in [0.2, 0.25) is 5.02 Å². The topological polar surface area (TPSA) is 46.2 Å². The average molecular weight is 204 g/mol. The third-order valence-electron chi connectivity index (χ3n) is 1.93. The van der Waals surface area contributed by atoms with E-state index in [4.69, 9.17) is 17.3 Å². The van der Waals surface area contributed by atoms with E-state index in [1.165, 1.54) is 12.1 Å². The van der Waals surface area contributed by atoms with E-state index in [2.05, 4.69) is 0 Å². The SMILES string of the molecule is CC[C@@H](N)c1c(F)ccc(Cl)c1O. The molecule has 0 radical (unpaired) electrons. The van der Waals surface area contributed by atoms with E-state index in [1.54, 1.807) is 0 Å². The van der Waals surface area contributed by atoms with Crippen LogP contribution in [0.15, 0.2) is 12.1 Å². The number of halogens is 2. The molecular weight excluding hydrogens is 193 g/mol. The molecule has 0 aliphatic carbocycles. The first-order chi connectivity index (χ1) is 6.07. The van der Waals surface area contributed by atoms with E-state index in [9.17, 15) is 9.50 Å². The fraction of sp³-hybridized carbons (Fsp3) is 0.333. The van der Waals surface area contributed by atoms with Crippen LogP contribution in [-0.2, 0) is 0 Å². The minimum absolute atomic E-state index is 0.0926. The van der Waals surface area contributed by atoms with Crippen LogP contribution in [0, 0.1) is 5.82 Å². The molecule has 0 spiro atoms. The van der Waals surface area contributed by atoms with E-state index in [0.717, 1.165) is 0 Å². The number of hydrogen-bond acceptors (Lipinski definition) is 2. The van der Waals surface area contributed by atoms with E-state index >= 15 is 0 Å². The van der Waals surface area contributed by atoms with Gasteiger partial charge >= 0.3 is 0 Å². The van der Waals surface area contributed by atoms with Crippen LogP contribution in [0.5, 0.6) is 5.75 Å². The molecule has 4 heteroatoms. The predicted molar refractivity (Wildman–Crippen MR) is 50.3 cm³/mol. The summed E-state index contributed by atoms with van der Waals surface area (Å²) in [6, 6.07) is 1.99. The van der Waals surface area contributed by atoms with Crippen molar-refractivity contribution in [1.82, 2.24) is 0 Å². The van der Waals surface area contributed by atoms with Crippen LogP contribution >= 0.6 is 11.6 Å². The average Bonchev–Trinajstić information content (AvgIpc) is 2.12. The molecule has 0 bridgehead atoms. The molecule has 0 fully saturated rings. The summed E-state index contributed by atoms with van der Waals surface area (Å²) >= 11 is 5.61. The van der Waals surface area contributed by atoms with Crippen molar-refractivity contribution in [3.05, 3.63) is 28.5 Å². The smallest absolute Gasteiger partial charge is 0.141 e. The molecule has 72 valence electrons. The number of phenols is 1. The first kappa shape index (κ1) is 10.3. The van der Waals surface area contributed by atoms with Gasteiger partial charge in [0.25, 0.3) is 0 Å². The van der Waals surface area contributed by atoms with Crippen LogP contribution in [0.25, 0.3) is 0 Å². The molecule has 0 unspecified atom stereocenters. The van der Waals surface area contributed by atoms with Gasteiger partial charge in [0, 0.05) is 11.6 Å². The Bertz CT molecular complexity index is 317. The second-order valence-electron chi connectivity index (χ2n) is 2.81. The Balaban J connectivity index is 3.25. The molecule has 1 rings (SSSR count). The molecule has 0 saturated carbocycles. The number of aromatic hydroxyl groups is 1. The van der Waals surface area contributed by atoms with Crippen LogP contribution in [0.1, 0.15) is 24.9 Å². The highest BCUT2D eigenvalue weighted by molar-refractivity contribution is 6.32. The van der Waals surface area contributed by atoms with E-state index < -0.39 is 11.9 Å². The second kappa shape index (κ2) is 3.94. The van der Waals surface area contributed by atoms with Gasteiger partial charge < -0.3 is 10.8 Å². The van der Waals surface area contributed by atoms with Gasteiger partial charge in [0.1, 0.15) is 11.6 Å². The summed E-state index contributed by atoms with van der Waals surface area (Å²) in [5.74, 6) is -0.771. The van der Waals surface area contributed by atoms with Gasteiger partial charge in [-0.25, -0.2) is 4.39 Å². The standard InChI is InChI=1S/C9H11ClFNO/c1-2-7(12)8-6(11)4-3-5(10)9(8)13/h3-4,7,13H,2,12H2,1H3/t7-/m1/s1. The number of nitrogens with two attached hydrogens (primary N) is 1. The number of phenolic OH excluding ortho intramolecular Hbond substituents is 1. The van der Waals surface area contributed by atoms with Crippen molar-refractivity contribution in [2.24, 2.45) is 5.73 Å². The normalized spacial score (nSPS) is 12.9. The molecule has 0 saturated heterocycles. The zero-order valence-electron chi connectivity index (χ0n) is 7.22. The maximum absolute atomic E-state index is 13.2. The fourth-order valence-corrected chi connectivity index (χ4v) is 1.28. The zero-order valence-corrected chi connectivity index (χ0v) is 7.98. The third kappa shape index (κ3) is 1.92. The minimum Gasteiger partial charge on any atom is -0.506 e. The van der Waals surface area contributed by atoms with Gasteiger partial charge in [0.05, 0.1) is 5.02 Å². The molecule has 3 N–H and O–H groups in total. The van der Waals surface area contributed by atoms with Gasteiger partial charge in [-0.05, 0) is 18.6 Å². The summed E-state index contributed by atoms with van der Waals surface area (Å²) in [6.07, 6.45) is 0.546. The molecule has 0 aromatic heterocycles. The maximum atomic E-state index is 13.2. The van der Waals surface area contributed by atoms with Crippen molar-refractivity contribution >= 4 is 11.6 Å². The first-order valence-electron chi connectivity index (χ1n) is 4.00. The molecule has 1 atom stereocenters. The van der Waals surface area contributed by atoms with Gasteiger partial charge in [0.15, 0.2) is 0 Å². The van der Waals surface area contributed by atoms with Crippen molar-refractivity contribution in [1.29, 1.82) is 0 Å². The number of hydrogen-bond donors (Lipinski definition) is 2. The quantitative estimate of drug-likeness (QED) is 0.776. The van der Waals surface area contributed by atoms with Gasteiger partial charge in [0.2, 0.25) is 0 Å². The van der Waals surface area contributed by atoms with Crippen LogP contribution < -0.4 is 5.73 Å². The summed E-state index contributed by atoms with van der Waals surface area (Å²) in [6.45, 7) is 1.81. The van der Waals surface area contributed by atoms with Crippen molar-refractivity contribution < 1.29 is 9.50 Å². The Kier molecular flexibility index (Phi) is 3.12. The van der Waals surface area contributed by atoms with Crippen LogP contribution in [-0.4, -0.2) is 5.11 Å². The Morgan fingerprint density at radius 2 is 2.23 bits per heavy atom. The first-order valence-corrected chi connectivity index (χ1v) is 4.38. The lowest BCUT2D eigenvalue weighted by atomic mass is 10.0. The monoisotopic (exact) mass is 203 g/mol. The highest BCUT2D eigenvalue weighted by Gasteiger charge is 2.16. The summed E-state index contributed by atoms with van der Waals surface area (Å²) in [4.78, 5) is 0. The van der Waals surface area contributed by atoms with Crippen molar-refractivity contribution in [2.45, 2.75) is 19.4 Å². The van der Waals surface area contributed by atoms with Gasteiger partial charge in [-0.15, -0.1) is 0 Å². The lowest BCUT2D eigenvalue weighted by Crippen LogP contribution is -2.11. The van der Waals surface area contributed by atoms with Gasteiger partial charge in [-0.2, -0.15) is 0 Å². The number of benzene rings is 1. The highest BCUT2D eigenvalue weighted by atomic mass is 35.5. The molecule has 2 nitrogen and oxygen atoms in total. The molecule has 0 aliphatic heterocycles. The highest BCUT2D eigenvalue weighted by Crippen LogP contribution is 2.33. The summed E-state index contributed by atoms with van der Waals surface area (Å²) in [5, 5.41) is 9.55. The molecular formula is C9H11ClFNO. The molecule has 0 aliphatic rings. The van der Waals surface area contributed by atoms with Gasteiger partial charge in [-0.3, -0.25) is 0 Å². The van der Waals surface area contributed by atoms with E-state index in [0.29, 0.717) is 6.42 Å². The molecule has 0 heterocycles. The van der Waals surface area contributed by atoms with Gasteiger partial charge in [-0.1, -0.05) is 18.5 Å². The lowest BCUT2D eigenvalue weighted by molar-refractivity contribution is 0.447. The molecule has 13 heavy (non-hydrogen) atoms. The predicted octanol–water partition coefficient (Wildman–Crippen LogP) is 2.59. The zero-order chi connectivity index (χ0) is 10.0. The third-order valence-corrected chi connectivity index (χ3v) is 2.23. The summed E-state index contributed by atoms with van der Waals surface area (Å²) in [5.41, 5.74) is 5.70.